The van der Waals surface area contributed by atoms with Crippen LogP contribution in [0.4, 0.5) is 11.4 Å². The molecule has 1 saturated heterocycles. The van der Waals surface area contributed by atoms with Gasteiger partial charge in [-0.25, -0.2) is 0 Å². The molecule has 9 nitrogen and oxygen atoms in total. The van der Waals surface area contributed by atoms with Crippen molar-refractivity contribution in [1.29, 1.82) is 0 Å². The second-order valence-corrected chi connectivity index (χ2v) is 8.96. The minimum atomic E-state index is -1.08. The molecule has 1 aliphatic rings. The van der Waals surface area contributed by atoms with Crippen LogP contribution in [0, 0.1) is 6.92 Å². The molecule has 0 spiro atoms. The van der Waals surface area contributed by atoms with Gasteiger partial charge < -0.3 is 24.6 Å². The number of ether oxygens (including phenoxy) is 1. The Hall–Kier alpha value is -3.56. The van der Waals surface area contributed by atoms with Gasteiger partial charge in [-0.2, -0.15) is 0 Å². The quantitative estimate of drug-likeness (QED) is 0.598. The first kappa shape index (κ1) is 23.6. The molecule has 9 heteroatoms. The number of hydrogen-bond acceptors (Lipinski definition) is 7. The Bertz CT molecular complexity index is 1270. The molecule has 1 amide bonds. The highest BCUT2D eigenvalue weighted by Crippen LogP contribution is 2.27. The lowest BCUT2D eigenvalue weighted by molar-refractivity contribution is 0.0782. The number of amides is 1. The zero-order valence-electron chi connectivity index (χ0n) is 19.8. The largest absolute Gasteiger partial charge is 0.386 e. The van der Waals surface area contributed by atoms with Crippen molar-refractivity contribution in [3.8, 4) is 11.1 Å². The fourth-order valence-electron chi connectivity index (χ4n) is 3.87. The Balaban J connectivity index is 1.66. The van der Waals surface area contributed by atoms with Crippen molar-refractivity contribution in [2.24, 2.45) is 7.05 Å². The maximum absolute atomic E-state index is 13.0. The molecular formula is C25H29N5O4. The summed E-state index contributed by atoms with van der Waals surface area (Å²) in [7, 11) is 1.72. The summed E-state index contributed by atoms with van der Waals surface area (Å²) in [6, 6.07) is 5.32. The lowest BCUT2D eigenvalue weighted by atomic mass is 10.0. The molecule has 0 saturated carbocycles. The predicted octanol–water partition coefficient (Wildman–Crippen LogP) is 2.47. The number of anilines is 2. The minimum absolute atomic E-state index is 0.0793. The summed E-state index contributed by atoms with van der Waals surface area (Å²) in [6.45, 7) is 7.63. The van der Waals surface area contributed by atoms with Gasteiger partial charge in [-0.05, 0) is 39.0 Å². The summed E-state index contributed by atoms with van der Waals surface area (Å²) >= 11 is 0. The Morgan fingerprint density at radius 2 is 1.88 bits per heavy atom. The molecule has 0 atom stereocenters. The molecule has 4 heterocycles. The second kappa shape index (κ2) is 9.36. The van der Waals surface area contributed by atoms with Crippen molar-refractivity contribution in [3.63, 3.8) is 0 Å². The number of carbonyl (C=O) groups excluding carboxylic acids is 1. The number of hydrogen-bond donors (Lipinski definition) is 2. The van der Waals surface area contributed by atoms with Gasteiger partial charge in [0.05, 0.1) is 36.3 Å². The normalized spacial score (nSPS) is 14.2. The molecular weight excluding hydrogens is 434 g/mol. The van der Waals surface area contributed by atoms with E-state index >= 15 is 0 Å². The Morgan fingerprint density at radius 3 is 2.59 bits per heavy atom. The zero-order chi connectivity index (χ0) is 24.5. The van der Waals surface area contributed by atoms with Gasteiger partial charge in [0, 0.05) is 61.1 Å². The van der Waals surface area contributed by atoms with E-state index in [1.807, 2.05) is 17.9 Å². The van der Waals surface area contributed by atoms with Crippen LogP contribution in [0.25, 0.3) is 11.1 Å². The lowest BCUT2D eigenvalue weighted by Crippen LogP contribution is -2.40. The number of rotatable bonds is 5. The van der Waals surface area contributed by atoms with E-state index in [-0.39, 0.29) is 11.5 Å². The van der Waals surface area contributed by atoms with E-state index < -0.39 is 5.60 Å². The van der Waals surface area contributed by atoms with Crippen LogP contribution in [0.15, 0.2) is 47.8 Å². The summed E-state index contributed by atoms with van der Waals surface area (Å²) < 4.78 is 6.97. The van der Waals surface area contributed by atoms with E-state index in [2.05, 4.69) is 15.3 Å². The summed E-state index contributed by atoms with van der Waals surface area (Å²) in [5.74, 6) is -0.346. The first-order valence-electron chi connectivity index (χ1n) is 11.1. The van der Waals surface area contributed by atoms with Crippen LogP contribution >= 0.6 is 0 Å². The maximum Gasteiger partial charge on any atom is 0.273 e. The standard InChI is InChI=1S/C25H29N5O4/c1-16-21(18-10-22(24(32)29(4)15-18)30-5-7-34-8-6-30)9-17(12-27-16)23(31)28-20-11-19(13-26-14-20)25(2,3)33/h9-15,33H,5-8H2,1-4H3,(H,28,31). The van der Waals surface area contributed by atoms with Gasteiger partial charge in [0.15, 0.2) is 0 Å². The highest BCUT2D eigenvalue weighted by molar-refractivity contribution is 6.04. The van der Waals surface area contributed by atoms with Crippen molar-refractivity contribution < 1.29 is 14.6 Å². The number of nitrogens with zero attached hydrogens (tertiary/aromatic N) is 4. The van der Waals surface area contributed by atoms with E-state index in [0.717, 1.165) is 16.8 Å². The number of aliphatic hydroxyl groups is 1. The molecule has 3 aromatic heterocycles. The van der Waals surface area contributed by atoms with E-state index in [0.29, 0.717) is 48.8 Å². The fraction of sp³-hybridized carbons (Fsp3) is 0.360. The Kier molecular flexibility index (Phi) is 6.49. The molecule has 0 unspecified atom stereocenters. The first-order valence-corrected chi connectivity index (χ1v) is 11.1. The van der Waals surface area contributed by atoms with E-state index in [1.165, 1.54) is 12.4 Å². The highest BCUT2D eigenvalue weighted by atomic mass is 16.5. The monoisotopic (exact) mass is 463 g/mol. The van der Waals surface area contributed by atoms with Crippen LogP contribution < -0.4 is 15.8 Å². The van der Waals surface area contributed by atoms with Crippen LogP contribution in [0.1, 0.15) is 35.5 Å². The zero-order valence-corrected chi connectivity index (χ0v) is 19.8. The number of carbonyl (C=O) groups is 1. The van der Waals surface area contributed by atoms with Crippen molar-refractivity contribution in [1.82, 2.24) is 14.5 Å². The van der Waals surface area contributed by atoms with E-state index in [1.54, 1.807) is 50.0 Å². The van der Waals surface area contributed by atoms with Crippen molar-refractivity contribution in [2.75, 3.05) is 36.5 Å². The molecule has 0 aromatic carbocycles. The number of pyridine rings is 3. The van der Waals surface area contributed by atoms with Crippen molar-refractivity contribution >= 4 is 17.3 Å². The third kappa shape index (κ3) is 5.00. The lowest BCUT2D eigenvalue weighted by Gasteiger charge is -2.28. The predicted molar refractivity (Wildman–Crippen MR) is 130 cm³/mol. The third-order valence-electron chi connectivity index (χ3n) is 5.88. The smallest absolute Gasteiger partial charge is 0.273 e. The van der Waals surface area contributed by atoms with Crippen molar-refractivity contribution in [3.05, 3.63) is 70.2 Å². The summed E-state index contributed by atoms with van der Waals surface area (Å²) in [5.41, 5.74) is 3.20. The molecule has 0 bridgehead atoms. The van der Waals surface area contributed by atoms with Gasteiger partial charge in [0.1, 0.15) is 5.69 Å². The molecule has 0 radical (unpaired) electrons. The molecule has 34 heavy (non-hydrogen) atoms. The molecule has 4 rings (SSSR count). The van der Waals surface area contributed by atoms with Gasteiger partial charge >= 0.3 is 0 Å². The number of aryl methyl sites for hydroxylation is 2. The van der Waals surface area contributed by atoms with Crippen molar-refractivity contribution in [2.45, 2.75) is 26.4 Å². The Morgan fingerprint density at radius 1 is 1.15 bits per heavy atom. The maximum atomic E-state index is 13.0. The molecule has 1 aliphatic heterocycles. The molecule has 3 aromatic rings. The highest BCUT2D eigenvalue weighted by Gasteiger charge is 2.20. The molecule has 1 fully saturated rings. The number of aromatic nitrogens is 3. The van der Waals surface area contributed by atoms with E-state index in [4.69, 9.17) is 4.74 Å². The van der Waals surface area contributed by atoms with Crippen LogP contribution in [0.5, 0.6) is 0 Å². The van der Waals surface area contributed by atoms with Crippen LogP contribution in [0.3, 0.4) is 0 Å². The van der Waals surface area contributed by atoms with Crippen LogP contribution in [-0.4, -0.2) is 51.9 Å². The summed E-state index contributed by atoms with van der Waals surface area (Å²) in [6.07, 6.45) is 6.37. The van der Waals surface area contributed by atoms with Gasteiger partial charge in [0.25, 0.3) is 11.5 Å². The van der Waals surface area contributed by atoms with Crippen LogP contribution in [0.2, 0.25) is 0 Å². The SMILES string of the molecule is Cc1ncc(C(=O)Nc2cncc(C(C)(C)O)c2)cc1-c1cc(N2CCOCC2)c(=O)n(C)c1. The summed E-state index contributed by atoms with van der Waals surface area (Å²) in [5, 5.41) is 13.0. The van der Waals surface area contributed by atoms with Gasteiger partial charge in [0.2, 0.25) is 0 Å². The van der Waals surface area contributed by atoms with Gasteiger partial charge in [-0.15, -0.1) is 0 Å². The third-order valence-corrected chi connectivity index (χ3v) is 5.88. The minimum Gasteiger partial charge on any atom is -0.386 e. The molecule has 0 aliphatic carbocycles. The van der Waals surface area contributed by atoms with E-state index in [9.17, 15) is 14.7 Å². The summed E-state index contributed by atoms with van der Waals surface area (Å²) in [4.78, 5) is 36.3. The Labute approximate surface area is 198 Å². The first-order chi connectivity index (χ1) is 16.1. The second-order valence-electron chi connectivity index (χ2n) is 8.96. The number of nitrogens with one attached hydrogen (secondary N) is 1. The van der Waals surface area contributed by atoms with Crippen LogP contribution in [-0.2, 0) is 17.4 Å². The molecule has 2 N–H and O–H groups in total. The van der Waals surface area contributed by atoms with Gasteiger partial charge in [-0.1, -0.05) is 0 Å². The average Bonchev–Trinajstić information content (AvgIpc) is 2.81. The number of morpholine rings is 1. The van der Waals surface area contributed by atoms with Gasteiger partial charge in [-0.3, -0.25) is 19.6 Å². The average molecular weight is 464 g/mol. The molecule has 178 valence electrons. The fourth-order valence-corrected chi connectivity index (χ4v) is 3.87. The topological polar surface area (TPSA) is 110 Å².